The molecule has 0 radical (unpaired) electrons. The van der Waals surface area contributed by atoms with Gasteiger partial charge in [0.2, 0.25) is 5.91 Å². The number of rotatable bonds is 5. The van der Waals surface area contributed by atoms with Gasteiger partial charge in [-0.05, 0) is 29.8 Å². The fourth-order valence-corrected chi connectivity index (χ4v) is 3.12. The zero-order chi connectivity index (χ0) is 19.5. The third-order valence-electron chi connectivity index (χ3n) is 3.60. The molecule has 0 saturated heterocycles. The molecule has 0 heterocycles. The lowest BCUT2D eigenvalue weighted by Gasteiger charge is -2.11. The van der Waals surface area contributed by atoms with Gasteiger partial charge >= 0.3 is 6.18 Å². The maximum Gasteiger partial charge on any atom is 0.416 e. The number of phenols is 1. The number of nitrogens with one attached hydrogen (secondary N) is 1. The molecular weight excluding hydrogens is 371 g/mol. The summed E-state index contributed by atoms with van der Waals surface area (Å²) in [7, 11) is -3.54. The van der Waals surface area contributed by atoms with Crippen LogP contribution in [0.3, 0.4) is 0 Å². The van der Waals surface area contributed by atoms with Crippen molar-refractivity contribution in [1.82, 2.24) is 0 Å². The van der Waals surface area contributed by atoms with E-state index < -0.39 is 27.5 Å². The van der Waals surface area contributed by atoms with Crippen LogP contribution in [0, 0.1) is 0 Å². The van der Waals surface area contributed by atoms with Crippen LogP contribution in [-0.2, 0) is 27.2 Å². The van der Waals surface area contributed by atoms with Gasteiger partial charge in [0.1, 0.15) is 5.75 Å². The van der Waals surface area contributed by atoms with Crippen molar-refractivity contribution in [2.45, 2.75) is 24.4 Å². The highest BCUT2D eigenvalue weighted by Crippen LogP contribution is 2.30. The standard InChI is InChI=1S/C17H16F3NO4S/c1-2-26(24,25)13-6-7-15(22)14(10-13)21-16(23)9-11-4-3-5-12(8-11)17(18,19)20/h3-8,10,22H,2,9H2,1H3,(H,21,23). The van der Waals surface area contributed by atoms with Gasteiger partial charge in [-0.1, -0.05) is 25.1 Å². The second kappa shape index (κ2) is 7.36. The van der Waals surface area contributed by atoms with Gasteiger partial charge in [0.25, 0.3) is 0 Å². The summed E-state index contributed by atoms with van der Waals surface area (Å²) in [5.41, 5.74) is -0.868. The van der Waals surface area contributed by atoms with Crippen LogP contribution in [0.5, 0.6) is 5.75 Å². The molecule has 9 heteroatoms. The van der Waals surface area contributed by atoms with Crippen molar-refractivity contribution in [2.24, 2.45) is 0 Å². The van der Waals surface area contributed by atoms with Crippen molar-refractivity contribution in [2.75, 3.05) is 11.1 Å². The second-order valence-corrected chi connectivity index (χ2v) is 7.78. The van der Waals surface area contributed by atoms with E-state index in [0.717, 1.165) is 24.3 Å². The minimum Gasteiger partial charge on any atom is -0.506 e. The van der Waals surface area contributed by atoms with E-state index in [4.69, 9.17) is 0 Å². The molecule has 0 fully saturated rings. The minimum atomic E-state index is -4.52. The molecule has 2 aromatic carbocycles. The van der Waals surface area contributed by atoms with Crippen molar-refractivity contribution < 1.29 is 31.5 Å². The van der Waals surface area contributed by atoms with Crippen LogP contribution in [-0.4, -0.2) is 25.2 Å². The Morgan fingerprint density at radius 1 is 1.15 bits per heavy atom. The maximum atomic E-state index is 12.7. The molecule has 0 aromatic heterocycles. The second-order valence-electron chi connectivity index (χ2n) is 5.51. The Bertz CT molecular complexity index is 924. The summed E-state index contributed by atoms with van der Waals surface area (Å²) in [6.45, 7) is 1.45. The average molecular weight is 387 g/mol. The summed E-state index contributed by atoms with van der Waals surface area (Å²) in [6.07, 6.45) is -4.89. The lowest BCUT2D eigenvalue weighted by atomic mass is 10.1. The molecule has 1 amide bonds. The number of carbonyl (C=O) groups excluding carboxylic acids is 1. The third kappa shape index (κ3) is 4.75. The molecule has 5 nitrogen and oxygen atoms in total. The van der Waals surface area contributed by atoms with Crippen LogP contribution >= 0.6 is 0 Å². The maximum absolute atomic E-state index is 12.7. The number of halogens is 3. The fourth-order valence-electron chi connectivity index (χ4n) is 2.21. The van der Waals surface area contributed by atoms with Crippen LogP contribution in [0.25, 0.3) is 0 Å². The molecule has 0 aliphatic carbocycles. The summed E-state index contributed by atoms with van der Waals surface area (Å²) in [4.78, 5) is 12.0. The smallest absolute Gasteiger partial charge is 0.416 e. The van der Waals surface area contributed by atoms with E-state index in [2.05, 4.69) is 5.32 Å². The molecule has 0 bridgehead atoms. The number of anilines is 1. The number of phenolic OH excluding ortho intramolecular Hbond substituents is 1. The van der Waals surface area contributed by atoms with Gasteiger partial charge in [0.05, 0.1) is 28.3 Å². The Morgan fingerprint density at radius 3 is 2.46 bits per heavy atom. The molecule has 0 atom stereocenters. The lowest BCUT2D eigenvalue weighted by Crippen LogP contribution is -2.16. The van der Waals surface area contributed by atoms with Gasteiger partial charge in [0.15, 0.2) is 9.84 Å². The molecule has 26 heavy (non-hydrogen) atoms. The molecule has 0 unspecified atom stereocenters. The predicted octanol–water partition coefficient (Wildman–Crippen LogP) is 3.39. The van der Waals surface area contributed by atoms with E-state index in [9.17, 15) is 31.5 Å². The molecular formula is C17H16F3NO4S. The number of aromatic hydroxyl groups is 1. The monoisotopic (exact) mass is 387 g/mol. The quantitative estimate of drug-likeness (QED) is 0.771. The fraction of sp³-hybridized carbons (Fsp3) is 0.235. The number of carbonyl (C=O) groups is 1. The molecule has 140 valence electrons. The Morgan fingerprint density at radius 2 is 1.85 bits per heavy atom. The zero-order valence-corrected chi connectivity index (χ0v) is 14.5. The van der Waals surface area contributed by atoms with Crippen molar-refractivity contribution in [3.8, 4) is 5.75 Å². The first-order chi connectivity index (χ1) is 12.0. The molecule has 2 aromatic rings. The highest BCUT2D eigenvalue weighted by Gasteiger charge is 2.30. The normalized spacial score (nSPS) is 12.0. The zero-order valence-electron chi connectivity index (χ0n) is 13.7. The SMILES string of the molecule is CCS(=O)(=O)c1ccc(O)c(NC(=O)Cc2cccc(C(F)(F)F)c2)c1. The molecule has 2 rings (SSSR count). The van der Waals surface area contributed by atoms with Crippen LogP contribution < -0.4 is 5.32 Å². The van der Waals surface area contributed by atoms with Gasteiger partial charge in [-0.2, -0.15) is 13.2 Å². The van der Waals surface area contributed by atoms with Crippen molar-refractivity contribution in [3.63, 3.8) is 0 Å². The van der Waals surface area contributed by atoms with Crippen LogP contribution in [0.1, 0.15) is 18.1 Å². The summed E-state index contributed by atoms with van der Waals surface area (Å²) in [5, 5.41) is 12.1. The van der Waals surface area contributed by atoms with Gasteiger partial charge in [-0.25, -0.2) is 8.42 Å². The van der Waals surface area contributed by atoms with E-state index in [1.165, 1.54) is 25.1 Å². The summed E-state index contributed by atoms with van der Waals surface area (Å²) < 4.78 is 61.9. The topological polar surface area (TPSA) is 83.5 Å². The Hall–Kier alpha value is -2.55. The largest absolute Gasteiger partial charge is 0.506 e. The summed E-state index contributed by atoms with van der Waals surface area (Å²) in [5.74, 6) is -1.20. The van der Waals surface area contributed by atoms with Crippen molar-refractivity contribution in [1.29, 1.82) is 0 Å². The summed E-state index contributed by atoms with van der Waals surface area (Å²) >= 11 is 0. The number of hydrogen-bond donors (Lipinski definition) is 2. The van der Waals surface area contributed by atoms with E-state index in [0.29, 0.717) is 0 Å². The van der Waals surface area contributed by atoms with Crippen LogP contribution in [0.2, 0.25) is 0 Å². The first kappa shape index (κ1) is 19.8. The first-order valence-corrected chi connectivity index (χ1v) is 9.20. The number of amides is 1. The van der Waals surface area contributed by atoms with Gasteiger partial charge in [-0.3, -0.25) is 4.79 Å². The van der Waals surface area contributed by atoms with Crippen LogP contribution in [0.15, 0.2) is 47.4 Å². The molecule has 2 N–H and O–H groups in total. The van der Waals surface area contributed by atoms with E-state index >= 15 is 0 Å². The molecule has 0 saturated carbocycles. The number of hydrogen-bond acceptors (Lipinski definition) is 4. The Balaban J connectivity index is 2.20. The summed E-state index contributed by atoms with van der Waals surface area (Å²) in [6, 6.07) is 7.75. The number of benzene rings is 2. The molecule has 0 aliphatic heterocycles. The van der Waals surface area contributed by atoms with Gasteiger partial charge in [-0.15, -0.1) is 0 Å². The van der Waals surface area contributed by atoms with Crippen molar-refractivity contribution >= 4 is 21.4 Å². The molecule has 0 aliphatic rings. The third-order valence-corrected chi connectivity index (χ3v) is 5.33. The number of sulfone groups is 1. The van der Waals surface area contributed by atoms with Crippen LogP contribution in [0.4, 0.5) is 18.9 Å². The minimum absolute atomic E-state index is 0.0767. The Kier molecular flexibility index (Phi) is 5.60. The van der Waals surface area contributed by atoms with Crippen molar-refractivity contribution in [3.05, 3.63) is 53.6 Å². The van der Waals surface area contributed by atoms with E-state index in [1.807, 2.05) is 0 Å². The highest BCUT2D eigenvalue weighted by molar-refractivity contribution is 7.91. The predicted molar refractivity (Wildman–Crippen MR) is 89.6 cm³/mol. The lowest BCUT2D eigenvalue weighted by molar-refractivity contribution is -0.137. The first-order valence-electron chi connectivity index (χ1n) is 7.54. The highest BCUT2D eigenvalue weighted by atomic mass is 32.2. The van der Waals surface area contributed by atoms with Gasteiger partial charge < -0.3 is 10.4 Å². The van der Waals surface area contributed by atoms with E-state index in [-0.39, 0.29) is 34.1 Å². The van der Waals surface area contributed by atoms with Gasteiger partial charge in [0, 0.05) is 0 Å². The Labute approximate surface area is 148 Å². The van der Waals surface area contributed by atoms with E-state index in [1.54, 1.807) is 0 Å². The number of alkyl halides is 3. The molecule has 0 spiro atoms. The average Bonchev–Trinajstić information content (AvgIpc) is 2.56.